The number of pyridine rings is 1. The number of piperidine rings is 1. The number of likely N-dealkylation sites (tertiary alicyclic amines) is 2. The Hall–Kier alpha value is -3.29. The molecule has 3 amide bonds. The second-order valence-electron chi connectivity index (χ2n) is 8.26. The van der Waals surface area contributed by atoms with Crippen molar-refractivity contribution in [3.8, 4) is 17.4 Å². The fourth-order valence-electron chi connectivity index (χ4n) is 4.15. The molecule has 1 aromatic heterocycles. The van der Waals surface area contributed by atoms with E-state index in [0.717, 1.165) is 56.6 Å². The molecule has 0 radical (unpaired) electrons. The lowest BCUT2D eigenvalue weighted by atomic mass is 9.97. The lowest BCUT2D eigenvalue weighted by Gasteiger charge is -2.34. The molecule has 0 unspecified atom stereocenters. The summed E-state index contributed by atoms with van der Waals surface area (Å²) in [6, 6.07) is 11.0. The van der Waals surface area contributed by atoms with E-state index in [0.29, 0.717) is 24.7 Å². The molecule has 2 aliphatic heterocycles. The molecule has 2 saturated heterocycles. The number of nitrogens with one attached hydrogen (secondary N) is 1. The van der Waals surface area contributed by atoms with Crippen LogP contribution in [-0.2, 0) is 11.3 Å². The molecule has 8 nitrogen and oxygen atoms in total. The van der Waals surface area contributed by atoms with Gasteiger partial charge in [-0.25, -0.2) is 9.78 Å². The molecule has 0 bridgehead atoms. The maximum absolute atomic E-state index is 12.7. The highest BCUT2D eigenvalue weighted by molar-refractivity contribution is 5.81. The Morgan fingerprint density at radius 1 is 1.00 bits per heavy atom. The molecule has 2 fully saturated rings. The van der Waals surface area contributed by atoms with Crippen molar-refractivity contribution in [3.63, 3.8) is 0 Å². The number of ether oxygens (including phenoxy) is 2. The monoisotopic (exact) mass is 438 g/mol. The molecule has 1 atom stereocenters. The van der Waals surface area contributed by atoms with Crippen LogP contribution in [0.4, 0.5) is 4.79 Å². The summed E-state index contributed by atoms with van der Waals surface area (Å²) in [7, 11) is 1.62. The maximum atomic E-state index is 12.7. The minimum absolute atomic E-state index is 0.0116. The van der Waals surface area contributed by atoms with Gasteiger partial charge in [-0.2, -0.15) is 0 Å². The smallest absolute Gasteiger partial charge is 0.320 e. The van der Waals surface area contributed by atoms with Gasteiger partial charge in [0.1, 0.15) is 11.5 Å². The molecule has 1 N–H and O–H groups in total. The number of hydrogen-bond donors (Lipinski definition) is 1. The number of carbonyl (C=O) groups excluding carboxylic acids is 2. The van der Waals surface area contributed by atoms with Crippen molar-refractivity contribution >= 4 is 11.9 Å². The van der Waals surface area contributed by atoms with Gasteiger partial charge in [0.25, 0.3) is 0 Å². The van der Waals surface area contributed by atoms with Crippen LogP contribution in [0.25, 0.3) is 0 Å². The minimum atomic E-state index is -0.166. The molecule has 2 aromatic rings. The summed E-state index contributed by atoms with van der Waals surface area (Å²) in [6.45, 7) is 3.28. The second kappa shape index (κ2) is 10.3. The second-order valence-corrected chi connectivity index (χ2v) is 8.26. The van der Waals surface area contributed by atoms with Gasteiger partial charge >= 0.3 is 6.03 Å². The third kappa shape index (κ3) is 5.49. The van der Waals surface area contributed by atoms with Gasteiger partial charge < -0.3 is 24.6 Å². The van der Waals surface area contributed by atoms with E-state index < -0.39 is 0 Å². The fourth-order valence-corrected chi connectivity index (χ4v) is 4.15. The van der Waals surface area contributed by atoms with Crippen molar-refractivity contribution in [1.82, 2.24) is 20.1 Å². The third-order valence-corrected chi connectivity index (χ3v) is 5.99. The summed E-state index contributed by atoms with van der Waals surface area (Å²) < 4.78 is 10.9. The van der Waals surface area contributed by atoms with Crippen molar-refractivity contribution in [1.29, 1.82) is 0 Å². The van der Waals surface area contributed by atoms with Crippen molar-refractivity contribution in [3.05, 3.63) is 48.2 Å². The number of carbonyl (C=O) groups is 2. The van der Waals surface area contributed by atoms with Crippen molar-refractivity contribution in [2.45, 2.75) is 32.2 Å². The van der Waals surface area contributed by atoms with Crippen LogP contribution in [0.2, 0.25) is 0 Å². The molecule has 0 aliphatic carbocycles. The summed E-state index contributed by atoms with van der Waals surface area (Å²) in [5, 5.41) is 2.99. The summed E-state index contributed by atoms with van der Waals surface area (Å²) in [6.07, 6.45) is 5.51. The molecule has 0 spiro atoms. The van der Waals surface area contributed by atoms with Crippen LogP contribution >= 0.6 is 0 Å². The van der Waals surface area contributed by atoms with E-state index in [2.05, 4.69) is 10.3 Å². The zero-order chi connectivity index (χ0) is 22.3. The Morgan fingerprint density at radius 2 is 1.72 bits per heavy atom. The summed E-state index contributed by atoms with van der Waals surface area (Å²) >= 11 is 0. The molecule has 0 saturated carbocycles. The Morgan fingerprint density at radius 3 is 2.41 bits per heavy atom. The SMILES string of the molecule is COc1ccc(Oc2ccc(CNC(=O)[C@@H]3CCCN(C(=O)N4CCCC4)C3)cn2)cc1. The highest BCUT2D eigenvalue weighted by atomic mass is 16.5. The Kier molecular flexibility index (Phi) is 7.09. The number of amides is 3. The average molecular weight is 439 g/mol. The van der Waals surface area contributed by atoms with E-state index >= 15 is 0 Å². The zero-order valence-electron chi connectivity index (χ0n) is 18.5. The van der Waals surface area contributed by atoms with Crippen LogP contribution < -0.4 is 14.8 Å². The molecular formula is C24H30N4O4. The third-order valence-electron chi connectivity index (χ3n) is 5.99. The van der Waals surface area contributed by atoms with Gasteiger partial charge in [-0.15, -0.1) is 0 Å². The van der Waals surface area contributed by atoms with Crippen LogP contribution in [0, 0.1) is 5.92 Å². The number of aromatic nitrogens is 1. The number of hydrogen-bond acceptors (Lipinski definition) is 5. The Balaban J connectivity index is 1.25. The van der Waals surface area contributed by atoms with Gasteiger partial charge in [0.2, 0.25) is 11.8 Å². The zero-order valence-corrected chi connectivity index (χ0v) is 18.5. The normalized spacial score (nSPS) is 18.3. The van der Waals surface area contributed by atoms with Crippen molar-refractivity contribution in [2.75, 3.05) is 33.3 Å². The first-order valence-electron chi connectivity index (χ1n) is 11.2. The van der Waals surface area contributed by atoms with Gasteiger partial charge in [-0.3, -0.25) is 4.79 Å². The quantitative estimate of drug-likeness (QED) is 0.747. The fraction of sp³-hybridized carbons (Fsp3) is 0.458. The first-order chi connectivity index (χ1) is 15.6. The Bertz CT molecular complexity index is 911. The van der Waals surface area contributed by atoms with Gasteiger partial charge in [0.15, 0.2) is 0 Å². The highest BCUT2D eigenvalue weighted by Crippen LogP contribution is 2.23. The van der Waals surface area contributed by atoms with E-state index in [1.54, 1.807) is 19.4 Å². The predicted molar refractivity (Wildman–Crippen MR) is 120 cm³/mol. The topological polar surface area (TPSA) is 84.0 Å². The lowest BCUT2D eigenvalue weighted by Crippen LogP contribution is -2.49. The van der Waals surface area contributed by atoms with Crippen molar-refractivity contribution < 1.29 is 19.1 Å². The molecule has 3 heterocycles. The number of urea groups is 1. The molecule has 2 aliphatic rings. The Labute approximate surface area is 188 Å². The number of nitrogens with zero attached hydrogens (tertiary/aromatic N) is 3. The first kappa shape index (κ1) is 21.9. The summed E-state index contributed by atoms with van der Waals surface area (Å²) in [4.78, 5) is 33.4. The van der Waals surface area contributed by atoms with Gasteiger partial charge in [-0.05, 0) is 55.5 Å². The molecule has 8 heteroatoms. The molecule has 4 rings (SSSR count). The van der Waals surface area contributed by atoms with Crippen LogP contribution in [0.15, 0.2) is 42.6 Å². The number of rotatable bonds is 6. The average Bonchev–Trinajstić information content (AvgIpc) is 3.38. The largest absolute Gasteiger partial charge is 0.497 e. The summed E-state index contributed by atoms with van der Waals surface area (Å²) in [5.41, 5.74) is 0.890. The molecule has 32 heavy (non-hydrogen) atoms. The van der Waals surface area contributed by atoms with Gasteiger partial charge in [0.05, 0.1) is 13.0 Å². The van der Waals surface area contributed by atoms with Crippen molar-refractivity contribution in [2.24, 2.45) is 5.92 Å². The molecule has 170 valence electrons. The molecule has 1 aromatic carbocycles. The van der Waals surface area contributed by atoms with E-state index in [4.69, 9.17) is 9.47 Å². The van der Waals surface area contributed by atoms with Gasteiger partial charge in [-0.1, -0.05) is 6.07 Å². The minimum Gasteiger partial charge on any atom is -0.497 e. The predicted octanol–water partition coefficient (Wildman–Crippen LogP) is 3.43. The van der Waals surface area contributed by atoms with Crippen LogP contribution in [0.1, 0.15) is 31.2 Å². The highest BCUT2D eigenvalue weighted by Gasteiger charge is 2.31. The van der Waals surface area contributed by atoms with Gasteiger partial charge in [0, 0.05) is 45.0 Å². The number of methoxy groups -OCH3 is 1. The standard InChI is InChI=1S/C24H30N4O4/c1-31-20-7-9-21(10-8-20)32-22-11-6-18(15-25-22)16-26-23(29)19-5-4-14-28(17-19)24(30)27-12-2-3-13-27/h6-11,15,19H,2-5,12-14,16-17H2,1H3,(H,26,29)/t19-/m1/s1. The van der Waals surface area contributed by atoms with Crippen LogP contribution in [0.3, 0.4) is 0 Å². The van der Waals surface area contributed by atoms with E-state index in [-0.39, 0.29) is 17.9 Å². The number of benzene rings is 1. The van der Waals surface area contributed by atoms with E-state index in [9.17, 15) is 9.59 Å². The first-order valence-corrected chi connectivity index (χ1v) is 11.2. The maximum Gasteiger partial charge on any atom is 0.320 e. The molecular weight excluding hydrogens is 408 g/mol. The van der Waals surface area contributed by atoms with E-state index in [1.165, 1.54) is 0 Å². The van der Waals surface area contributed by atoms with Crippen LogP contribution in [-0.4, -0.2) is 60.0 Å². The van der Waals surface area contributed by atoms with E-state index in [1.807, 2.05) is 40.1 Å². The lowest BCUT2D eigenvalue weighted by molar-refractivity contribution is -0.126. The summed E-state index contributed by atoms with van der Waals surface area (Å²) in [5.74, 6) is 1.74. The van der Waals surface area contributed by atoms with Crippen LogP contribution in [0.5, 0.6) is 17.4 Å².